The van der Waals surface area contributed by atoms with Crippen molar-refractivity contribution in [1.29, 1.82) is 0 Å². The Balaban J connectivity index is 2.49. The predicted molar refractivity (Wildman–Crippen MR) is 60.0 cm³/mol. The van der Waals surface area contributed by atoms with Gasteiger partial charge in [0, 0.05) is 21.5 Å². The molecule has 1 aromatic rings. The molecule has 1 aliphatic heterocycles. The van der Waals surface area contributed by atoms with Crippen LogP contribution in [-0.4, -0.2) is 15.6 Å². The fraction of sp³-hybridized carbons (Fsp3) is 0.400. The molecule has 0 amide bonds. The van der Waals surface area contributed by atoms with Crippen LogP contribution in [0.25, 0.3) is 0 Å². The first kappa shape index (κ1) is 10.6. The molecule has 1 aliphatic rings. The summed E-state index contributed by atoms with van der Waals surface area (Å²) in [6.45, 7) is 3.46. The topological polar surface area (TPSA) is 46.4 Å². The van der Waals surface area contributed by atoms with E-state index in [4.69, 9.17) is 0 Å². The van der Waals surface area contributed by atoms with Crippen molar-refractivity contribution in [2.24, 2.45) is 0 Å². The van der Waals surface area contributed by atoms with E-state index in [1.807, 2.05) is 30.3 Å². The van der Waals surface area contributed by atoms with Gasteiger partial charge in [0.2, 0.25) is 0 Å². The summed E-state index contributed by atoms with van der Waals surface area (Å²) in [6.07, 6.45) is 0. The zero-order valence-corrected chi connectivity index (χ0v) is 10.1. The minimum absolute atomic E-state index is 0.419. The van der Waals surface area contributed by atoms with Crippen LogP contribution in [0.4, 0.5) is 0 Å². The Bertz CT molecular complexity index is 407. The van der Waals surface area contributed by atoms with Gasteiger partial charge in [0.15, 0.2) is 5.54 Å². The summed E-state index contributed by atoms with van der Waals surface area (Å²) in [5, 5.41) is 11.8. The van der Waals surface area contributed by atoms with Gasteiger partial charge in [-0.25, -0.2) is 0 Å². The van der Waals surface area contributed by atoms with Crippen LogP contribution in [-0.2, 0) is 4.45 Å². The van der Waals surface area contributed by atoms with Crippen LogP contribution in [0.5, 0.6) is 0 Å². The van der Waals surface area contributed by atoms with Crippen LogP contribution < -0.4 is 0 Å². The van der Waals surface area contributed by atoms with E-state index < -0.39 is 9.99 Å². The van der Waals surface area contributed by atoms with Crippen molar-refractivity contribution in [3.63, 3.8) is 0 Å². The Morgan fingerprint density at radius 3 is 2.33 bits per heavy atom. The van der Waals surface area contributed by atoms with E-state index in [1.165, 1.54) is 0 Å². The molecular formula is C10H11BrN2O2. The van der Waals surface area contributed by atoms with E-state index in [0.29, 0.717) is 10.0 Å². The van der Waals surface area contributed by atoms with Gasteiger partial charge in [-0.3, -0.25) is 0 Å². The van der Waals surface area contributed by atoms with E-state index in [0.717, 1.165) is 5.56 Å². The normalized spacial score (nSPS) is 28.8. The van der Waals surface area contributed by atoms with Crippen LogP contribution >= 0.6 is 15.9 Å². The lowest BCUT2D eigenvalue weighted by Gasteiger charge is -2.52. The van der Waals surface area contributed by atoms with Gasteiger partial charge >= 0.3 is 4.45 Å². The molecule has 0 radical (unpaired) electrons. The van der Waals surface area contributed by atoms with Gasteiger partial charge in [-0.1, -0.05) is 30.3 Å². The number of rotatable bonds is 1. The van der Waals surface area contributed by atoms with Gasteiger partial charge in [0.25, 0.3) is 0 Å². The average Bonchev–Trinajstić information content (AvgIpc) is 2.27. The molecule has 1 fully saturated rings. The van der Waals surface area contributed by atoms with Gasteiger partial charge in [-0.2, -0.15) is 5.17 Å². The van der Waals surface area contributed by atoms with Gasteiger partial charge in [-0.15, -0.1) is 0 Å². The summed E-state index contributed by atoms with van der Waals surface area (Å²) in [5.74, 6) is 0. The van der Waals surface area contributed by atoms with Crippen LogP contribution in [0, 0.1) is 10.1 Å². The van der Waals surface area contributed by atoms with Gasteiger partial charge in [0.05, 0.1) is 4.91 Å². The van der Waals surface area contributed by atoms with Crippen molar-refractivity contribution < 1.29 is 4.87 Å². The molecule has 0 aliphatic carbocycles. The van der Waals surface area contributed by atoms with E-state index in [-0.39, 0.29) is 0 Å². The smallest absolute Gasteiger partial charge is 0.346 e. The lowest BCUT2D eigenvalue weighted by molar-refractivity contribution is -0.837. The van der Waals surface area contributed by atoms with E-state index in [9.17, 15) is 10.1 Å². The molecule has 2 rings (SSSR count). The first-order valence-corrected chi connectivity index (χ1v) is 5.41. The highest BCUT2D eigenvalue weighted by molar-refractivity contribution is 9.09. The predicted octanol–water partition coefficient (Wildman–Crippen LogP) is 2.52. The van der Waals surface area contributed by atoms with Crippen molar-refractivity contribution in [1.82, 2.24) is 5.17 Å². The molecule has 1 aromatic carbocycles. The lowest BCUT2D eigenvalue weighted by Crippen LogP contribution is -2.73. The quantitative estimate of drug-likeness (QED) is 0.448. The monoisotopic (exact) mass is 270 g/mol. The second-order valence-corrected chi connectivity index (χ2v) is 5.24. The Hall–Kier alpha value is -0.940. The number of benzene rings is 1. The van der Waals surface area contributed by atoms with E-state index in [2.05, 4.69) is 15.9 Å². The number of nitrogens with zero attached hydrogens (tertiary/aromatic N) is 2. The fourth-order valence-electron chi connectivity index (χ4n) is 1.79. The average molecular weight is 271 g/mol. The van der Waals surface area contributed by atoms with Gasteiger partial charge in [0.1, 0.15) is 4.87 Å². The first-order chi connectivity index (χ1) is 6.92. The molecule has 0 aromatic heterocycles. The van der Waals surface area contributed by atoms with Gasteiger partial charge in [-0.05, 0) is 13.8 Å². The number of hydrazine groups is 1. The molecule has 15 heavy (non-hydrogen) atoms. The van der Waals surface area contributed by atoms with E-state index >= 15 is 0 Å². The number of hydrogen-bond acceptors (Lipinski definition) is 2. The molecule has 5 heteroatoms. The molecule has 0 N–H and O–H groups in total. The Labute approximate surface area is 96.1 Å². The summed E-state index contributed by atoms with van der Waals surface area (Å²) in [4.78, 5) is 12.0. The Morgan fingerprint density at radius 1 is 1.33 bits per heavy atom. The lowest BCUT2D eigenvalue weighted by atomic mass is 9.85. The summed E-state index contributed by atoms with van der Waals surface area (Å²) in [5.41, 5.74) is 0.00734. The summed E-state index contributed by atoms with van der Waals surface area (Å²) in [7, 11) is 0. The fourth-order valence-corrected chi connectivity index (χ4v) is 2.35. The highest BCUT2D eigenvalue weighted by atomic mass is 79.9. The van der Waals surface area contributed by atoms with Crippen LogP contribution in [0.15, 0.2) is 30.3 Å². The summed E-state index contributed by atoms with van der Waals surface area (Å²) < 4.78 is -0.955. The van der Waals surface area contributed by atoms with Crippen molar-refractivity contribution in [3.05, 3.63) is 46.0 Å². The zero-order valence-electron chi connectivity index (χ0n) is 8.48. The minimum Gasteiger partial charge on any atom is -0.703 e. The number of hydrogen-bond donors (Lipinski definition) is 0. The largest absolute Gasteiger partial charge is 0.703 e. The molecule has 80 valence electrons. The molecule has 4 nitrogen and oxygen atoms in total. The van der Waals surface area contributed by atoms with Crippen LogP contribution in [0.2, 0.25) is 0 Å². The molecule has 1 heterocycles. The SMILES string of the molecule is CC1(C)N([O-])[N+](=O)[C@]1(Br)c1ccccc1. The van der Waals surface area contributed by atoms with E-state index in [1.54, 1.807) is 13.8 Å². The molecule has 1 saturated heterocycles. The van der Waals surface area contributed by atoms with Crippen molar-refractivity contribution >= 4 is 15.9 Å². The van der Waals surface area contributed by atoms with Crippen molar-refractivity contribution in [2.75, 3.05) is 0 Å². The number of nitroso groups, excluding NO2 is 1. The standard InChI is InChI=1S/C10H11BrN2O2/c1-9(2)10(11,13(15)12(9)14)8-6-4-3-5-7-8/h3-7H,1-2H3/t10-/m1/s1. The summed E-state index contributed by atoms with van der Waals surface area (Å²) >= 11 is 3.37. The molecule has 0 unspecified atom stereocenters. The Morgan fingerprint density at radius 2 is 1.87 bits per heavy atom. The van der Waals surface area contributed by atoms with Crippen LogP contribution in [0.3, 0.4) is 0 Å². The molecule has 0 spiro atoms. The number of alkyl halides is 1. The van der Waals surface area contributed by atoms with Gasteiger partial charge < -0.3 is 5.21 Å². The minimum atomic E-state index is -0.955. The van der Waals surface area contributed by atoms with Crippen LogP contribution in [0.1, 0.15) is 19.4 Å². The Kier molecular flexibility index (Phi) is 2.13. The number of halogens is 1. The highest BCUT2D eigenvalue weighted by Crippen LogP contribution is 2.53. The maximum Gasteiger partial charge on any atom is 0.346 e. The van der Waals surface area contributed by atoms with Crippen molar-refractivity contribution in [2.45, 2.75) is 23.8 Å². The molecule has 1 atom stereocenters. The zero-order chi connectivity index (χ0) is 11.3. The highest BCUT2D eigenvalue weighted by Gasteiger charge is 2.72. The molecule has 0 bridgehead atoms. The third-order valence-corrected chi connectivity index (χ3v) is 4.61. The third kappa shape index (κ3) is 1.10. The van der Waals surface area contributed by atoms with Crippen molar-refractivity contribution in [3.8, 4) is 0 Å². The maximum absolute atomic E-state index is 11.6. The second kappa shape index (κ2) is 3.02. The molecular weight excluding hydrogens is 260 g/mol. The maximum atomic E-state index is 11.6. The summed E-state index contributed by atoms with van der Waals surface area (Å²) in [6, 6.07) is 9.21. The molecule has 0 saturated carbocycles. The first-order valence-electron chi connectivity index (χ1n) is 4.61. The second-order valence-electron chi connectivity index (χ2n) is 4.09. The number of hydroxylamine groups is 1. The third-order valence-electron chi connectivity index (χ3n) is 2.87.